The molecule has 1 aromatic carbocycles. The van der Waals surface area contributed by atoms with Crippen molar-refractivity contribution in [2.45, 2.75) is 6.42 Å². The van der Waals surface area contributed by atoms with Crippen LogP contribution < -0.4 is 5.32 Å². The summed E-state index contributed by atoms with van der Waals surface area (Å²) in [4.78, 5) is 0. The first-order valence-corrected chi connectivity index (χ1v) is 5.12. The number of nitrogens with one attached hydrogen (secondary N) is 1. The topological polar surface area (TPSA) is 29.9 Å². The molecule has 2 aromatic rings. The number of hydrogen-bond donors (Lipinski definition) is 1. The fourth-order valence-electron chi connectivity index (χ4n) is 1.49. The van der Waals surface area contributed by atoms with E-state index in [-0.39, 0.29) is 0 Å². The van der Waals surface area contributed by atoms with Gasteiger partial charge in [0.05, 0.1) is 0 Å². The van der Waals surface area contributed by atoms with Crippen molar-refractivity contribution in [3.8, 4) is 0 Å². The lowest BCUT2D eigenvalue weighted by atomic mass is 10.1. The van der Waals surface area contributed by atoms with Crippen molar-refractivity contribution in [2.24, 2.45) is 7.05 Å². The van der Waals surface area contributed by atoms with E-state index in [9.17, 15) is 0 Å². The molecule has 1 aromatic heterocycles. The molecule has 0 amide bonds. The molecule has 2 rings (SSSR count). The lowest BCUT2D eigenvalue weighted by Gasteiger charge is -2.02. The van der Waals surface area contributed by atoms with Crippen LogP contribution in [0.3, 0.4) is 0 Å². The van der Waals surface area contributed by atoms with Gasteiger partial charge in [-0.2, -0.15) is 5.10 Å². The minimum Gasteiger partial charge on any atom is -0.368 e. The van der Waals surface area contributed by atoms with Crippen molar-refractivity contribution >= 4 is 5.82 Å². The quantitative estimate of drug-likeness (QED) is 0.820. The molecule has 1 heterocycles. The summed E-state index contributed by atoms with van der Waals surface area (Å²) >= 11 is 0. The zero-order chi connectivity index (χ0) is 10.5. The zero-order valence-corrected chi connectivity index (χ0v) is 8.85. The third-order valence-electron chi connectivity index (χ3n) is 2.28. The van der Waals surface area contributed by atoms with Gasteiger partial charge < -0.3 is 5.32 Å². The van der Waals surface area contributed by atoms with Gasteiger partial charge in [0.25, 0.3) is 0 Å². The Morgan fingerprint density at radius 2 is 2.00 bits per heavy atom. The third-order valence-corrected chi connectivity index (χ3v) is 2.28. The zero-order valence-electron chi connectivity index (χ0n) is 8.85. The Balaban J connectivity index is 1.80. The molecule has 0 aliphatic heterocycles. The number of rotatable bonds is 4. The first-order chi connectivity index (χ1) is 7.34. The van der Waals surface area contributed by atoms with Gasteiger partial charge >= 0.3 is 0 Å². The highest BCUT2D eigenvalue weighted by molar-refractivity contribution is 5.32. The summed E-state index contributed by atoms with van der Waals surface area (Å²) in [7, 11) is 1.92. The predicted molar refractivity (Wildman–Crippen MR) is 61.8 cm³/mol. The lowest BCUT2D eigenvalue weighted by molar-refractivity contribution is 0.768. The lowest BCUT2D eigenvalue weighted by Crippen LogP contribution is -2.05. The maximum Gasteiger partial charge on any atom is 0.147 e. The van der Waals surface area contributed by atoms with E-state index >= 15 is 0 Å². The first kappa shape index (κ1) is 9.77. The standard InChI is InChI=1S/C12H15N3/c1-15-10-8-12(14-15)13-9-7-11-5-3-2-4-6-11/h2-6,8,10H,7,9H2,1H3,(H,13,14). The molecule has 15 heavy (non-hydrogen) atoms. The number of aromatic nitrogens is 2. The molecule has 0 saturated carbocycles. The maximum atomic E-state index is 4.25. The van der Waals surface area contributed by atoms with E-state index in [2.05, 4.69) is 34.7 Å². The van der Waals surface area contributed by atoms with E-state index in [0.29, 0.717) is 0 Å². The molecule has 0 bridgehead atoms. The van der Waals surface area contributed by atoms with E-state index in [0.717, 1.165) is 18.8 Å². The number of benzene rings is 1. The molecule has 0 atom stereocenters. The van der Waals surface area contributed by atoms with E-state index in [1.54, 1.807) is 4.68 Å². The summed E-state index contributed by atoms with van der Waals surface area (Å²) in [5.41, 5.74) is 1.35. The van der Waals surface area contributed by atoms with Gasteiger partial charge in [0, 0.05) is 25.9 Å². The fourth-order valence-corrected chi connectivity index (χ4v) is 1.49. The van der Waals surface area contributed by atoms with Crippen LogP contribution in [0, 0.1) is 0 Å². The minimum absolute atomic E-state index is 0.918. The second-order valence-electron chi connectivity index (χ2n) is 3.54. The van der Waals surface area contributed by atoms with Gasteiger partial charge in [0.2, 0.25) is 0 Å². The van der Waals surface area contributed by atoms with Gasteiger partial charge in [0.1, 0.15) is 5.82 Å². The van der Waals surface area contributed by atoms with Crippen molar-refractivity contribution in [1.29, 1.82) is 0 Å². The van der Waals surface area contributed by atoms with Gasteiger partial charge in [-0.3, -0.25) is 4.68 Å². The van der Waals surface area contributed by atoms with Gasteiger partial charge in [0.15, 0.2) is 0 Å². The molecule has 0 radical (unpaired) electrons. The molecule has 3 nitrogen and oxygen atoms in total. The molecule has 0 saturated heterocycles. The van der Waals surface area contributed by atoms with E-state index in [4.69, 9.17) is 0 Å². The van der Waals surface area contributed by atoms with Gasteiger partial charge in [-0.15, -0.1) is 0 Å². The van der Waals surface area contributed by atoms with Crippen LogP contribution in [0.5, 0.6) is 0 Å². The number of hydrogen-bond acceptors (Lipinski definition) is 2. The Bertz CT molecular complexity index is 406. The van der Waals surface area contributed by atoms with Crippen LogP contribution in [-0.2, 0) is 13.5 Å². The molecule has 0 unspecified atom stereocenters. The summed E-state index contributed by atoms with van der Waals surface area (Å²) in [6.07, 6.45) is 2.96. The van der Waals surface area contributed by atoms with Crippen LogP contribution in [0.15, 0.2) is 42.6 Å². The highest BCUT2D eigenvalue weighted by Crippen LogP contribution is 2.03. The van der Waals surface area contributed by atoms with Crippen molar-refractivity contribution in [2.75, 3.05) is 11.9 Å². The van der Waals surface area contributed by atoms with Crippen molar-refractivity contribution in [1.82, 2.24) is 9.78 Å². The normalized spacial score (nSPS) is 10.2. The monoisotopic (exact) mass is 201 g/mol. The predicted octanol–water partition coefficient (Wildman–Crippen LogP) is 2.07. The molecule has 1 N–H and O–H groups in total. The summed E-state index contributed by atoms with van der Waals surface area (Å²) < 4.78 is 1.80. The smallest absolute Gasteiger partial charge is 0.147 e. The largest absolute Gasteiger partial charge is 0.368 e. The van der Waals surface area contributed by atoms with E-state index < -0.39 is 0 Å². The Kier molecular flexibility index (Phi) is 3.02. The molecule has 0 aliphatic carbocycles. The third kappa shape index (κ3) is 2.84. The Morgan fingerprint density at radius 3 is 2.67 bits per heavy atom. The summed E-state index contributed by atoms with van der Waals surface area (Å²) in [6, 6.07) is 12.4. The van der Waals surface area contributed by atoms with Crippen molar-refractivity contribution in [3.05, 3.63) is 48.2 Å². The highest BCUT2D eigenvalue weighted by Gasteiger charge is 1.95. The van der Waals surface area contributed by atoms with Crippen LogP contribution in [0.1, 0.15) is 5.56 Å². The SMILES string of the molecule is Cn1ccc(NCCc2ccccc2)n1. The average Bonchev–Trinajstić information content (AvgIpc) is 2.66. The Hall–Kier alpha value is -1.77. The van der Waals surface area contributed by atoms with E-state index in [1.165, 1.54) is 5.56 Å². The fraction of sp³-hybridized carbons (Fsp3) is 0.250. The van der Waals surface area contributed by atoms with Gasteiger partial charge in [-0.1, -0.05) is 30.3 Å². The number of anilines is 1. The number of aryl methyl sites for hydroxylation is 1. The second kappa shape index (κ2) is 4.64. The van der Waals surface area contributed by atoms with Crippen molar-refractivity contribution in [3.63, 3.8) is 0 Å². The molecule has 0 spiro atoms. The molecular weight excluding hydrogens is 186 g/mol. The minimum atomic E-state index is 0.918. The van der Waals surface area contributed by atoms with Crippen LogP contribution in [0.4, 0.5) is 5.82 Å². The molecule has 0 fully saturated rings. The van der Waals surface area contributed by atoms with Gasteiger partial charge in [-0.05, 0) is 12.0 Å². The Labute approximate surface area is 89.7 Å². The summed E-state index contributed by atoms with van der Waals surface area (Å²) in [5.74, 6) is 0.938. The van der Waals surface area contributed by atoms with Gasteiger partial charge in [-0.25, -0.2) is 0 Å². The van der Waals surface area contributed by atoms with Crippen molar-refractivity contribution < 1.29 is 0 Å². The molecule has 78 valence electrons. The van der Waals surface area contributed by atoms with Crippen LogP contribution in [0.25, 0.3) is 0 Å². The van der Waals surface area contributed by atoms with Crippen LogP contribution in [-0.4, -0.2) is 16.3 Å². The average molecular weight is 201 g/mol. The maximum absolute atomic E-state index is 4.25. The molecule has 0 aliphatic rings. The van der Waals surface area contributed by atoms with Crippen LogP contribution >= 0.6 is 0 Å². The first-order valence-electron chi connectivity index (χ1n) is 5.12. The van der Waals surface area contributed by atoms with E-state index in [1.807, 2.05) is 25.4 Å². The summed E-state index contributed by atoms with van der Waals surface area (Å²) in [5, 5.41) is 7.53. The van der Waals surface area contributed by atoms with Crippen LogP contribution in [0.2, 0.25) is 0 Å². The molecular formula is C12H15N3. The number of nitrogens with zero attached hydrogens (tertiary/aromatic N) is 2. The highest BCUT2D eigenvalue weighted by atomic mass is 15.3. The molecule has 3 heteroatoms. The Morgan fingerprint density at radius 1 is 1.20 bits per heavy atom. The summed E-state index contributed by atoms with van der Waals surface area (Å²) in [6.45, 7) is 0.918. The second-order valence-corrected chi connectivity index (χ2v) is 3.54.